The highest BCUT2D eigenvalue weighted by Crippen LogP contribution is 2.28. The molecule has 1 aromatic carbocycles. The van der Waals surface area contributed by atoms with Crippen LogP contribution >= 0.6 is 0 Å². The van der Waals surface area contributed by atoms with Crippen LogP contribution < -0.4 is 9.64 Å². The van der Waals surface area contributed by atoms with E-state index in [-0.39, 0.29) is 0 Å². The van der Waals surface area contributed by atoms with Gasteiger partial charge in [-0.2, -0.15) is 9.40 Å². The molecule has 0 radical (unpaired) electrons. The van der Waals surface area contributed by atoms with E-state index >= 15 is 0 Å². The molecule has 1 fully saturated rings. The van der Waals surface area contributed by atoms with Crippen molar-refractivity contribution < 1.29 is 13.2 Å². The Labute approximate surface area is 182 Å². The van der Waals surface area contributed by atoms with E-state index in [0.717, 1.165) is 17.1 Å². The number of rotatable bonds is 5. The van der Waals surface area contributed by atoms with E-state index in [0.29, 0.717) is 48.2 Å². The molecule has 0 unspecified atom stereocenters. The summed E-state index contributed by atoms with van der Waals surface area (Å²) in [4.78, 5) is 2.38. The number of aryl methyl sites for hydroxylation is 3. The highest BCUT2D eigenvalue weighted by atomic mass is 32.2. The number of aromatic nitrogens is 4. The maximum atomic E-state index is 13.2. The molecule has 3 heterocycles. The second-order valence-corrected chi connectivity index (χ2v) is 9.54. The first-order chi connectivity index (χ1) is 14.8. The number of hydrogen-bond donors (Lipinski definition) is 0. The van der Waals surface area contributed by atoms with Gasteiger partial charge in [-0.15, -0.1) is 10.2 Å². The summed E-state index contributed by atoms with van der Waals surface area (Å²) in [5.41, 5.74) is 2.39. The highest BCUT2D eigenvalue weighted by molar-refractivity contribution is 7.89. The predicted molar refractivity (Wildman–Crippen MR) is 117 cm³/mol. The Bertz CT molecular complexity index is 1180. The molecular weight excluding hydrogens is 416 g/mol. The number of nitrogens with zero attached hydrogens (tertiary/aromatic N) is 6. The number of ether oxygens (including phenoxy) is 1. The van der Waals surface area contributed by atoms with Crippen LogP contribution in [0.1, 0.15) is 16.8 Å². The van der Waals surface area contributed by atoms with Gasteiger partial charge in [0, 0.05) is 32.4 Å². The molecule has 0 amide bonds. The van der Waals surface area contributed by atoms with E-state index in [1.165, 1.54) is 4.31 Å². The van der Waals surface area contributed by atoms with Crippen molar-refractivity contribution in [2.75, 3.05) is 38.2 Å². The monoisotopic (exact) mass is 442 g/mol. The van der Waals surface area contributed by atoms with Crippen molar-refractivity contribution in [3.8, 4) is 11.6 Å². The molecule has 0 spiro atoms. The smallest absolute Gasteiger partial charge is 0.243 e. The Hall–Kier alpha value is -2.98. The minimum atomic E-state index is -3.58. The summed E-state index contributed by atoms with van der Waals surface area (Å²) in [6.07, 6.45) is 1.84. The lowest BCUT2D eigenvalue weighted by atomic mass is 10.1. The van der Waals surface area contributed by atoms with E-state index in [4.69, 9.17) is 4.74 Å². The molecule has 1 aliphatic rings. The Morgan fingerprint density at radius 3 is 2.16 bits per heavy atom. The third kappa shape index (κ3) is 4.13. The van der Waals surface area contributed by atoms with Crippen LogP contribution in [0.4, 0.5) is 5.82 Å². The van der Waals surface area contributed by atoms with E-state index in [1.807, 2.05) is 43.1 Å². The lowest BCUT2D eigenvalue weighted by Crippen LogP contribution is -2.49. The van der Waals surface area contributed by atoms with Gasteiger partial charge in [0.25, 0.3) is 0 Å². The number of sulfonamides is 1. The normalized spacial score (nSPS) is 15.3. The summed E-state index contributed by atoms with van der Waals surface area (Å²) < 4.78 is 35.0. The summed E-state index contributed by atoms with van der Waals surface area (Å²) in [5.74, 6) is 2.05. The van der Waals surface area contributed by atoms with E-state index in [9.17, 15) is 8.42 Å². The van der Waals surface area contributed by atoms with Gasteiger partial charge in [0.15, 0.2) is 11.6 Å². The zero-order chi connectivity index (χ0) is 22.2. The fraction of sp³-hybridized carbons (Fsp3) is 0.381. The molecule has 0 N–H and O–H groups in total. The van der Waals surface area contributed by atoms with Crippen molar-refractivity contribution >= 4 is 15.8 Å². The topological polar surface area (TPSA) is 93.5 Å². The molecule has 31 heavy (non-hydrogen) atoms. The quantitative estimate of drug-likeness (QED) is 0.597. The van der Waals surface area contributed by atoms with Crippen LogP contribution in [0.25, 0.3) is 5.82 Å². The minimum absolute atomic E-state index is 0.331. The molecule has 164 valence electrons. The van der Waals surface area contributed by atoms with Crippen LogP contribution in [0.5, 0.6) is 5.75 Å². The first-order valence-electron chi connectivity index (χ1n) is 10.1. The maximum Gasteiger partial charge on any atom is 0.243 e. The Balaban J connectivity index is 1.46. The zero-order valence-corrected chi connectivity index (χ0v) is 18.9. The van der Waals surface area contributed by atoms with Crippen molar-refractivity contribution in [3.05, 3.63) is 53.3 Å². The number of piperazine rings is 1. The van der Waals surface area contributed by atoms with Gasteiger partial charge in [-0.05, 0) is 62.2 Å². The van der Waals surface area contributed by atoms with Gasteiger partial charge in [0.05, 0.1) is 17.7 Å². The number of benzene rings is 1. The molecule has 0 bridgehead atoms. The lowest BCUT2D eigenvalue weighted by Gasteiger charge is -2.34. The third-order valence-corrected chi connectivity index (χ3v) is 7.51. The second kappa shape index (κ2) is 8.27. The molecule has 0 atom stereocenters. The van der Waals surface area contributed by atoms with Gasteiger partial charge >= 0.3 is 0 Å². The van der Waals surface area contributed by atoms with Gasteiger partial charge < -0.3 is 9.64 Å². The summed E-state index contributed by atoms with van der Waals surface area (Å²) >= 11 is 0. The van der Waals surface area contributed by atoms with Gasteiger partial charge in [0.1, 0.15) is 5.75 Å². The van der Waals surface area contributed by atoms with Crippen LogP contribution in [-0.2, 0) is 10.0 Å². The fourth-order valence-corrected chi connectivity index (χ4v) is 5.42. The molecule has 9 nitrogen and oxygen atoms in total. The van der Waals surface area contributed by atoms with Crippen molar-refractivity contribution in [2.24, 2.45) is 0 Å². The molecule has 2 aromatic heterocycles. The lowest BCUT2D eigenvalue weighted by molar-refractivity contribution is 0.382. The third-order valence-electron chi connectivity index (χ3n) is 5.47. The SMILES string of the molecule is COc1cc(C)c(S(=O)(=O)N2CCN(c3ccc(-n4ccc(C)n4)nn3)CC2)cc1C. The van der Waals surface area contributed by atoms with E-state index in [2.05, 4.69) is 15.3 Å². The molecule has 3 aromatic rings. The molecular formula is C21H26N6O3S. The Kier molecular flexibility index (Phi) is 5.67. The summed E-state index contributed by atoms with van der Waals surface area (Å²) in [7, 11) is -2.00. The zero-order valence-electron chi connectivity index (χ0n) is 18.1. The Morgan fingerprint density at radius 2 is 1.58 bits per heavy atom. The van der Waals surface area contributed by atoms with Crippen molar-refractivity contribution in [2.45, 2.75) is 25.7 Å². The van der Waals surface area contributed by atoms with Gasteiger partial charge in [-0.1, -0.05) is 0 Å². The van der Waals surface area contributed by atoms with Crippen molar-refractivity contribution in [1.82, 2.24) is 24.3 Å². The van der Waals surface area contributed by atoms with Crippen LogP contribution in [0.3, 0.4) is 0 Å². The highest BCUT2D eigenvalue weighted by Gasteiger charge is 2.30. The second-order valence-electron chi connectivity index (χ2n) is 7.63. The van der Waals surface area contributed by atoms with Crippen LogP contribution in [0, 0.1) is 20.8 Å². The van der Waals surface area contributed by atoms with Crippen LogP contribution in [-0.4, -0.2) is 66.0 Å². The van der Waals surface area contributed by atoms with Gasteiger partial charge in [-0.3, -0.25) is 0 Å². The maximum absolute atomic E-state index is 13.2. The van der Waals surface area contributed by atoms with Crippen molar-refractivity contribution in [3.63, 3.8) is 0 Å². The predicted octanol–water partition coefficient (Wildman–Crippen LogP) is 2.11. The summed E-state index contributed by atoms with van der Waals surface area (Å²) in [6, 6.07) is 9.12. The largest absolute Gasteiger partial charge is 0.496 e. The van der Waals surface area contributed by atoms with Crippen LogP contribution in [0.2, 0.25) is 0 Å². The molecule has 0 saturated carbocycles. The molecule has 1 aliphatic heterocycles. The van der Waals surface area contributed by atoms with Gasteiger partial charge in [-0.25, -0.2) is 13.1 Å². The number of methoxy groups -OCH3 is 1. The van der Waals surface area contributed by atoms with Gasteiger partial charge in [0.2, 0.25) is 10.0 Å². The number of hydrogen-bond acceptors (Lipinski definition) is 7. The molecule has 4 rings (SSSR count). The minimum Gasteiger partial charge on any atom is -0.496 e. The van der Waals surface area contributed by atoms with E-state index < -0.39 is 10.0 Å². The first-order valence-corrected chi connectivity index (χ1v) is 11.5. The van der Waals surface area contributed by atoms with Crippen LogP contribution in [0.15, 0.2) is 41.4 Å². The number of anilines is 1. The van der Waals surface area contributed by atoms with Crippen molar-refractivity contribution in [1.29, 1.82) is 0 Å². The fourth-order valence-electron chi connectivity index (χ4n) is 3.71. The standard InChI is InChI=1S/C21H26N6O3S/c1-15-14-19(16(2)13-18(15)30-4)31(28,29)26-11-9-25(10-12-26)20-5-6-21(23-22-20)27-8-7-17(3)24-27/h5-8,13-14H,9-12H2,1-4H3. The molecule has 0 aliphatic carbocycles. The Morgan fingerprint density at radius 1 is 0.903 bits per heavy atom. The van der Waals surface area contributed by atoms with E-state index in [1.54, 1.807) is 30.8 Å². The summed E-state index contributed by atoms with van der Waals surface area (Å²) in [5, 5.41) is 12.9. The molecule has 1 saturated heterocycles. The molecule has 10 heteroatoms. The first kappa shape index (κ1) is 21.3. The average Bonchev–Trinajstić information content (AvgIpc) is 3.21. The summed E-state index contributed by atoms with van der Waals surface area (Å²) in [6.45, 7) is 7.42. The average molecular weight is 443 g/mol.